The minimum absolute atomic E-state index is 0.217. The molecule has 3 rings (SSSR count). The van der Waals surface area contributed by atoms with Gasteiger partial charge < -0.3 is 10.6 Å². The number of hydrogen-bond acceptors (Lipinski definition) is 2. The molecule has 0 saturated carbocycles. The first-order valence-corrected chi connectivity index (χ1v) is 7.97. The van der Waals surface area contributed by atoms with Crippen molar-refractivity contribution in [2.75, 3.05) is 10.6 Å². The van der Waals surface area contributed by atoms with Gasteiger partial charge in [-0.3, -0.25) is 9.59 Å². The van der Waals surface area contributed by atoms with Crippen LogP contribution in [0.1, 0.15) is 26.3 Å². The Balaban J connectivity index is 1.79. The Kier molecular flexibility index (Phi) is 4.90. The third kappa shape index (κ3) is 4.12. The van der Waals surface area contributed by atoms with Gasteiger partial charge in [0.25, 0.3) is 11.8 Å². The van der Waals surface area contributed by atoms with Crippen LogP contribution in [0.4, 0.5) is 11.4 Å². The number of para-hydroxylation sites is 2. The van der Waals surface area contributed by atoms with Crippen molar-refractivity contribution in [1.29, 1.82) is 0 Å². The van der Waals surface area contributed by atoms with Crippen molar-refractivity contribution in [2.24, 2.45) is 0 Å². The van der Waals surface area contributed by atoms with Gasteiger partial charge in [0, 0.05) is 11.1 Å². The molecule has 4 nitrogen and oxygen atoms in total. The normalized spacial score (nSPS) is 10.1. The summed E-state index contributed by atoms with van der Waals surface area (Å²) in [4.78, 5) is 24.8. The molecule has 0 aromatic heterocycles. The Morgan fingerprint density at radius 2 is 1.16 bits per heavy atom. The van der Waals surface area contributed by atoms with Gasteiger partial charge in [-0.05, 0) is 43.3 Å². The maximum absolute atomic E-state index is 12.5. The van der Waals surface area contributed by atoms with Crippen LogP contribution >= 0.6 is 0 Å². The van der Waals surface area contributed by atoms with Gasteiger partial charge in [0.1, 0.15) is 0 Å². The largest absolute Gasteiger partial charge is 0.320 e. The van der Waals surface area contributed by atoms with E-state index in [0.717, 1.165) is 5.56 Å². The maximum atomic E-state index is 12.5. The lowest BCUT2D eigenvalue weighted by Gasteiger charge is -2.12. The molecule has 0 radical (unpaired) electrons. The third-order valence-corrected chi connectivity index (χ3v) is 3.74. The van der Waals surface area contributed by atoms with Crippen molar-refractivity contribution < 1.29 is 9.59 Å². The van der Waals surface area contributed by atoms with Crippen LogP contribution in [0.25, 0.3) is 0 Å². The molecule has 0 atom stereocenters. The average molecular weight is 330 g/mol. The molecule has 0 unspecified atom stereocenters. The van der Waals surface area contributed by atoms with E-state index < -0.39 is 0 Å². The van der Waals surface area contributed by atoms with Crippen LogP contribution in [0, 0.1) is 6.92 Å². The molecule has 2 N–H and O–H groups in total. The third-order valence-electron chi connectivity index (χ3n) is 3.74. The topological polar surface area (TPSA) is 58.2 Å². The van der Waals surface area contributed by atoms with Gasteiger partial charge in [-0.15, -0.1) is 0 Å². The van der Waals surface area contributed by atoms with Crippen molar-refractivity contribution in [3.8, 4) is 0 Å². The highest BCUT2D eigenvalue weighted by molar-refractivity contribution is 6.09. The lowest BCUT2D eigenvalue weighted by Crippen LogP contribution is -2.16. The number of carbonyl (C=O) groups is 2. The van der Waals surface area contributed by atoms with E-state index in [2.05, 4.69) is 10.6 Å². The molecule has 0 aliphatic heterocycles. The second kappa shape index (κ2) is 7.45. The number of anilines is 2. The highest BCUT2D eigenvalue weighted by Crippen LogP contribution is 2.22. The Hall–Kier alpha value is -3.40. The fraction of sp³-hybridized carbons (Fsp3) is 0.0476. The minimum atomic E-state index is -0.224. The first-order valence-electron chi connectivity index (χ1n) is 7.97. The van der Waals surface area contributed by atoms with Crippen LogP contribution in [-0.2, 0) is 0 Å². The number of hydrogen-bond donors (Lipinski definition) is 2. The monoisotopic (exact) mass is 330 g/mol. The van der Waals surface area contributed by atoms with Crippen LogP contribution in [0.5, 0.6) is 0 Å². The summed E-state index contributed by atoms with van der Waals surface area (Å²) in [5.74, 6) is -0.442. The van der Waals surface area contributed by atoms with E-state index in [-0.39, 0.29) is 11.8 Å². The quantitative estimate of drug-likeness (QED) is 0.740. The molecule has 0 spiro atoms. The van der Waals surface area contributed by atoms with Gasteiger partial charge >= 0.3 is 0 Å². The molecular weight excluding hydrogens is 312 g/mol. The van der Waals surface area contributed by atoms with E-state index >= 15 is 0 Å². The summed E-state index contributed by atoms with van der Waals surface area (Å²) in [5, 5.41) is 5.70. The summed E-state index contributed by atoms with van der Waals surface area (Å²) >= 11 is 0. The molecule has 0 fully saturated rings. The zero-order valence-corrected chi connectivity index (χ0v) is 13.8. The SMILES string of the molecule is Cc1cccc(C(=O)Nc2ccccc2NC(=O)c2ccccc2)c1. The molecular formula is C21H18N2O2. The van der Waals surface area contributed by atoms with Gasteiger partial charge in [-0.25, -0.2) is 0 Å². The Bertz CT molecular complexity index is 905. The van der Waals surface area contributed by atoms with Crippen molar-refractivity contribution in [3.05, 3.63) is 95.6 Å². The molecule has 25 heavy (non-hydrogen) atoms. The lowest BCUT2D eigenvalue weighted by molar-refractivity contribution is 0.101. The highest BCUT2D eigenvalue weighted by Gasteiger charge is 2.12. The fourth-order valence-corrected chi connectivity index (χ4v) is 2.47. The fourth-order valence-electron chi connectivity index (χ4n) is 2.47. The Morgan fingerprint density at radius 1 is 0.640 bits per heavy atom. The molecule has 4 heteroatoms. The summed E-state index contributed by atoms with van der Waals surface area (Å²) in [5.41, 5.74) is 3.25. The van der Waals surface area contributed by atoms with Crippen molar-refractivity contribution in [1.82, 2.24) is 0 Å². The van der Waals surface area contributed by atoms with E-state index in [1.807, 2.05) is 43.3 Å². The molecule has 2 amide bonds. The summed E-state index contributed by atoms with van der Waals surface area (Å²) in [7, 11) is 0. The Morgan fingerprint density at radius 3 is 1.76 bits per heavy atom. The van der Waals surface area contributed by atoms with Gasteiger partial charge in [0.2, 0.25) is 0 Å². The van der Waals surface area contributed by atoms with E-state index in [9.17, 15) is 9.59 Å². The number of amides is 2. The first kappa shape index (κ1) is 16.5. The van der Waals surface area contributed by atoms with E-state index in [4.69, 9.17) is 0 Å². The maximum Gasteiger partial charge on any atom is 0.255 e. The van der Waals surface area contributed by atoms with Crippen molar-refractivity contribution in [3.63, 3.8) is 0 Å². The smallest absolute Gasteiger partial charge is 0.255 e. The lowest BCUT2D eigenvalue weighted by atomic mass is 10.1. The zero-order chi connectivity index (χ0) is 17.6. The number of rotatable bonds is 4. The summed E-state index contributed by atoms with van der Waals surface area (Å²) in [6.45, 7) is 1.94. The standard InChI is InChI=1S/C21H18N2O2/c1-15-8-7-11-17(14-15)21(25)23-19-13-6-5-12-18(19)22-20(24)16-9-3-2-4-10-16/h2-14H,1H3,(H,22,24)(H,23,25). The number of nitrogens with one attached hydrogen (secondary N) is 2. The van der Waals surface area contributed by atoms with Gasteiger partial charge in [0.05, 0.1) is 11.4 Å². The number of aryl methyl sites for hydroxylation is 1. The van der Waals surface area contributed by atoms with Crippen molar-refractivity contribution >= 4 is 23.2 Å². The predicted octanol–water partition coefficient (Wildman–Crippen LogP) is 4.50. The van der Waals surface area contributed by atoms with Crippen LogP contribution < -0.4 is 10.6 Å². The number of benzene rings is 3. The second-order valence-corrected chi connectivity index (χ2v) is 5.69. The van der Waals surface area contributed by atoms with Gasteiger partial charge in [0.15, 0.2) is 0 Å². The molecule has 0 heterocycles. The predicted molar refractivity (Wildman–Crippen MR) is 100.0 cm³/mol. The van der Waals surface area contributed by atoms with E-state index in [1.165, 1.54) is 0 Å². The van der Waals surface area contributed by atoms with Gasteiger partial charge in [-0.2, -0.15) is 0 Å². The molecule has 3 aromatic rings. The molecule has 0 bridgehead atoms. The number of carbonyl (C=O) groups excluding carboxylic acids is 2. The molecule has 0 aliphatic rings. The van der Waals surface area contributed by atoms with Crippen molar-refractivity contribution in [2.45, 2.75) is 6.92 Å². The summed E-state index contributed by atoms with van der Waals surface area (Å²) in [6, 6.07) is 23.4. The summed E-state index contributed by atoms with van der Waals surface area (Å²) in [6.07, 6.45) is 0. The zero-order valence-electron chi connectivity index (χ0n) is 13.8. The molecule has 0 saturated heterocycles. The Labute approximate surface area is 146 Å². The molecule has 3 aromatic carbocycles. The van der Waals surface area contributed by atoms with E-state index in [0.29, 0.717) is 22.5 Å². The first-order chi connectivity index (χ1) is 12.1. The average Bonchev–Trinajstić information content (AvgIpc) is 2.64. The van der Waals surface area contributed by atoms with Crippen LogP contribution in [-0.4, -0.2) is 11.8 Å². The minimum Gasteiger partial charge on any atom is -0.320 e. The van der Waals surface area contributed by atoms with Crippen LogP contribution in [0.2, 0.25) is 0 Å². The van der Waals surface area contributed by atoms with Crippen LogP contribution in [0.15, 0.2) is 78.9 Å². The molecule has 0 aliphatic carbocycles. The van der Waals surface area contributed by atoms with Gasteiger partial charge in [-0.1, -0.05) is 48.0 Å². The van der Waals surface area contributed by atoms with Crippen LogP contribution in [0.3, 0.4) is 0 Å². The molecule has 124 valence electrons. The van der Waals surface area contributed by atoms with E-state index in [1.54, 1.807) is 42.5 Å². The summed E-state index contributed by atoms with van der Waals surface area (Å²) < 4.78 is 0. The highest BCUT2D eigenvalue weighted by atomic mass is 16.2. The second-order valence-electron chi connectivity index (χ2n) is 5.69.